The number of rotatable bonds is 4. The molecule has 0 saturated heterocycles. The molecule has 0 aliphatic carbocycles. The molecule has 3 aromatic rings. The smallest absolute Gasteiger partial charge is 0.196 e. The van der Waals surface area contributed by atoms with Crippen LogP contribution in [0.3, 0.4) is 0 Å². The Morgan fingerprint density at radius 1 is 0.733 bits per heavy atom. The molecule has 4 rings (SSSR count). The molecule has 0 unspecified atom stereocenters. The molecule has 30 heavy (non-hydrogen) atoms. The Hall–Kier alpha value is -2.41. The Morgan fingerprint density at radius 2 is 1.33 bits per heavy atom. The summed E-state index contributed by atoms with van der Waals surface area (Å²) >= 11 is 0. The second-order valence-electron chi connectivity index (χ2n) is 10.6. The normalized spacial score (nSPS) is 20.9. The number of nitrogens with zero attached hydrogens (tertiary/aromatic N) is 1. The van der Waals surface area contributed by atoms with Crippen molar-refractivity contribution < 1.29 is 4.58 Å². The van der Waals surface area contributed by atoms with Crippen molar-refractivity contribution in [2.45, 2.75) is 77.7 Å². The summed E-state index contributed by atoms with van der Waals surface area (Å²) < 4.78 is 2.60. The Balaban J connectivity index is 1.91. The lowest BCUT2D eigenvalue weighted by Gasteiger charge is -2.24. The molecule has 0 N–H and O–H groups in total. The van der Waals surface area contributed by atoms with Gasteiger partial charge < -0.3 is 0 Å². The van der Waals surface area contributed by atoms with Crippen LogP contribution in [-0.4, -0.2) is 16.3 Å². The predicted molar refractivity (Wildman–Crippen MR) is 131 cm³/mol. The number of hydrogen-bond acceptors (Lipinski definition) is 0. The molecule has 0 saturated carbocycles. The van der Waals surface area contributed by atoms with Gasteiger partial charge in [0.25, 0.3) is 0 Å². The van der Waals surface area contributed by atoms with Crippen LogP contribution in [0.15, 0.2) is 60.7 Å². The summed E-state index contributed by atoms with van der Waals surface area (Å²) in [5.74, 6) is 0.992. The first kappa shape index (κ1) is 20.8. The van der Waals surface area contributed by atoms with E-state index in [1.807, 2.05) is 0 Å². The molecule has 3 aromatic carbocycles. The summed E-state index contributed by atoms with van der Waals surface area (Å²) in [6, 6.07) is 22.6. The van der Waals surface area contributed by atoms with Crippen LogP contribution in [0.2, 0.25) is 0 Å². The minimum Gasteiger partial charge on any atom is -0.196 e. The first-order valence-corrected chi connectivity index (χ1v) is 11.4. The van der Waals surface area contributed by atoms with Crippen molar-refractivity contribution in [3.05, 3.63) is 77.4 Å². The summed E-state index contributed by atoms with van der Waals surface area (Å²) in [7, 11) is 0. The van der Waals surface area contributed by atoms with Crippen molar-refractivity contribution in [3.8, 4) is 0 Å². The second-order valence-corrected chi connectivity index (χ2v) is 10.6. The maximum Gasteiger partial charge on any atom is 0.212 e. The van der Waals surface area contributed by atoms with E-state index in [-0.39, 0.29) is 11.0 Å². The van der Waals surface area contributed by atoms with E-state index in [1.165, 1.54) is 33.2 Å². The first-order valence-electron chi connectivity index (χ1n) is 11.4. The van der Waals surface area contributed by atoms with E-state index in [1.54, 1.807) is 0 Å². The van der Waals surface area contributed by atoms with Gasteiger partial charge in [0.05, 0.1) is 5.41 Å². The van der Waals surface area contributed by atoms with E-state index >= 15 is 0 Å². The summed E-state index contributed by atoms with van der Waals surface area (Å²) in [6.45, 7) is 16.5. The van der Waals surface area contributed by atoms with E-state index in [9.17, 15) is 0 Å². The Labute approximate surface area is 182 Å². The largest absolute Gasteiger partial charge is 0.212 e. The lowest BCUT2D eigenvalue weighted by Crippen LogP contribution is -2.31. The molecular weight excluding hydrogens is 362 g/mol. The van der Waals surface area contributed by atoms with Gasteiger partial charge in [-0.3, -0.25) is 0 Å². The van der Waals surface area contributed by atoms with Crippen LogP contribution >= 0.6 is 0 Å². The standard InChI is InChI=1S/C29H36N/c1-20(2)25-13-10-14-26(21(3)4)27(25)30-19-29(7,18-28(30,5)6)24-16-15-22-11-8-9-12-23(22)17-24/h8-17,19-21H,18H2,1-7H3/q+1/t29-/m1/s1. The lowest BCUT2D eigenvalue weighted by molar-refractivity contribution is -0.513. The van der Waals surface area contributed by atoms with Crippen LogP contribution in [0.1, 0.15) is 83.4 Å². The molecule has 1 nitrogen and oxygen atoms in total. The third-order valence-electron chi connectivity index (χ3n) is 6.86. The zero-order valence-corrected chi connectivity index (χ0v) is 19.7. The molecule has 1 atom stereocenters. The predicted octanol–water partition coefficient (Wildman–Crippen LogP) is 7.94. The van der Waals surface area contributed by atoms with Gasteiger partial charge in [-0.25, -0.2) is 0 Å². The molecule has 0 amide bonds. The lowest BCUT2D eigenvalue weighted by atomic mass is 9.77. The van der Waals surface area contributed by atoms with Gasteiger partial charge >= 0.3 is 0 Å². The number of fused-ring (bicyclic) bond motifs is 1. The SMILES string of the molecule is CC(C)c1cccc(C(C)C)c1[N+]1=C[C@](C)(c2ccc3ccccc3c2)CC1(C)C. The fourth-order valence-electron chi connectivity index (χ4n) is 5.37. The van der Waals surface area contributed by atoms with Crippen LogP contribution in [0.5, 0.6) is 0 Å². The molecule has 1 aliphatic rings. The Bertz CT molecular complexity index is 1090. The van der Waals surface area contributed by atoms with Gasteiger partial charge in [0.2, 0.25) is 5.69 Å². The quantitative estimate of drug-likeness (QED) is 0.392. The summed E-state index contributed by atoms with van der Waals surface area (Å²) in [6.07, 6.45) is 3.62. The molecule has 0 aromatic heterocycles. The van der Waals surface area contributed by atoms with Crippen molar-refractivity contribution in [1.82, 2.24) is 0 Å². The highest BCUT2D eigenvalue weighted by molar-refractivity contribution is 5.85. The number of hydrogen-bond donors (Lipinski definition) is 0. The molecule has 0 spiro atoms. The maximum atomic E-state index is 2.60. The molecule has 1 heteroatoms. The molecule has 156 valence electrons. The average molecular weight is 399 g/mol. The van der Waals surface area contributed by atoms with Crippen LogP contribution in [0.25, 0.3) is 10.8 Å². The fraction of sp³-hybridized carbons (Fsp3) is 0.414. The van der Waals surface area contributed by atoms with Gasteiger partial charge in [0.15, 0.2) is 11.8 Å². The van der Waals surface area contributed by atoms with Crippen molar-refractivity contribution in [2.24, 2.45) is 0 Å². The van der Waals surface area contributed by atoms with Crippen molar-refractivity contribution >= 4 is 22.7 Å². The van der Waals surface area contributed by atoms with Gasteiger partial charge in [0, 0.05) is 31.4 Å². The van der Waals surface area contributed by atoms with E-state index in [0.29, 0.717) is 11.8 Å². The minimum absolute atomic E-state index is 0.00583. The highest BCUT2D eigenvalue weighted by Crippen LogP contribution is 2.45. The molecular formula is C29H36N+. The molecule has 0 fully saturated rings. The Morgan fingerprint density at radius 3 is 1.93 bits per heavy atom. The van der Waals surface area contributed by atoms with Crippen LogP contribution in [0.4, 0.5) is 5.69 Å². The van der Waals surface area contributed by atoms with Crippen molar-refractivity contribution in [1.29, 1.82) is 0 Å². The highest BCUT2D eigenvalue weighted by atomic mass is 15.1. The summed E-state index contributed by atoms with van der Waals surface area (Å²) in [5, 5.41) is 2.64. The summed E-state index contributed by atoms with van der Waals surface area (Å²) in [4.78, 5) is 0. The molecule has 1 aliphatic heterocycles. The van der Waals surface area contributed by atoms with Crippen molar-refractivity contribution in [3.63, 3.8) is 0 Å². The molecule has 0 bridgehead atoms. The van der Waals surface area contributed by atoms with E-state index in [4.69, 9.17) is 0 Å². The minimum atomic E-state index is 0.00583. The van der Waals surface area contributed by atoms with Crippen LogP contribution < -0.4 is 0 Å². The topological polar surface area (TPSA) is 3.01 Å². The van der Waals surface area contributed by atoms with Crippen LogP contribution in [0, 0.1) is 0 Å². The fourth-order valence-corrected chi connectivity index (χ4v) is 5.37. The average Bonchev–Trinajstić information content (AvgIpc) is 2.96. The zero-order valence-electron chi connectivity index (χ0n) is 19.7. The van der Waals surface area contributed by atoms with Gasteiger partial charge in [0.1, 0.15) is 0 Å². The molecule has 1 heterocycles. The van der Waals surface area contributed by atoms with Crippen LogP contribution in [-0.2, 0) is 5.41 Å². The number of benzene rings is 3. The van der Waals surface area contributed by atoms with E-state index in [0.717, 1.165) is 6.42 Å². The van der Waals surface area contributed by atoms with Gasteiger partial charge in [-0.2, -0.15) is 4.58 Å². The number of para-hydroxylation sites is 1. The van der Waals surface area contributed by atoms with E-state index in [2.05, 4.69) is 120 Å². The zero-order chi connectivity index (χ0) is 21.7. The third kappa shape index (κ3) is 3.49. The van der Waals surface area contributed by atoms with E-state index < -0.39 is 0 Å². The second kappa shape index (κ2) is 7.38. The highest BCUT2D eigenvalue weighted by Gasteiger charge is 2.50. The monoisotopic (exact) mass is 398 g/mol. The Kier molecular flexibility index (Phi) is 5.12. The maximum absolute atomic E-state index is 2.60. The van der Waals surface area contributed by atoms with Gasteiger partial charge in [-0.1, -0.05) is 88.4 Å². The molecule has 0 radical (unpaired) electrons. The van der Waals surface area contributed by atoms with Gasteiger partial charge in [-0.15, -0.1) is 0 Å². The van der Waals surface area contributed by atoms with Gasteiger partial charge in [-0.05, 0) is 35.1 Å². The first-order chi connectivity index (χ1) is 14.1. The summed E-state index contributed by atoms with van der Waals surface area (Å²) in [5.41, 5.74) is 5.80. The third-order valence-corrected chi connectivity index (χ3v) is 6.86. The van der Waals surface area contributed by atoms with Crippen molar-refractivity contribution in [2.75, 3.05) is 0 Å².